The van der Waals surface area contributed by atoms with Crippen molar-refractivity contribution in [2.45, 2.75) is 19.4 Å². The molecule has 0 bridgehead atoms. The Balaban J connectivity index is 1.51. The topological polar surface area (TPSA) is 57.9 Å². The van der Waals surface area contributed by atoms with Gasteiger partial charge in [-0.3, -0.25) is 9.59 Å². The van der Waals surface area contributed by atoms with E-state index in [4.69, 9.17) is 11.6 Å². The zero-order chi connectivity index (χ0) is 19.0. The minimum atomic E-state index is -0.132. The number of hydrogen-bond acceptors (Lipinski definition) is 3. The Labute approximate surface area is 162 Å². The second kappa shape index (κ2) is 7.04. The number of aromatic nitrogens is 2. The summed E-state index contributed by atoms with van der Waals surface area (Å²) in [6, 6.07) is 12.9. The molecule has 1 atom stereocenters. The van der Waals surface area contributed by atoms with Gasteiger partial charge in [0.15, 0.2) is 0 Å². The Morgan fingerprint density at radius 2 is 2.00 bits per heavy atom. The number of imidazole rings is 1. The first kappa shape index (κ1) is 17.5. The van der Waals surface area contributed by atoms with Gasteiger partial charge in [0.25, 0.3) is 0 Å². The molecule has 1 aliphatic rings. The summed E-state index contributed by atoms with van der Waals surface area (Å²) in [5.41, 5.74) is 2.29. The zero-order valence-electron chi connectivity index (χ0n) is 14.9. The van der Waals surface area contributed by atoms with Crippen LogP contribution in [0.1, 0.15) is 12.6 Å². The molecule has 0 spiro atoms. The van der Waals surface area contributed by atoms with Crippen LogP contribution >= 0.6 is 11.6 Å². The number of hydrogen-bond donors (Lipinski definition) is 0. The molecule has 7 heteroatoms. The van der Waals surface area contributed by atoms with E-state index < -0.39 is 0 Å². The fourth-order valence-electron chi connectivity index (χ4n) is 3.46. The predicted molar refractivity (Wildman–Crippen MR) is 104 cm³/mol. The third-order valence-electron chi connectivity index (χ3n) is 4.88. The summed E-state index contributed by atoms with van der Waals surface area (Å²) < 4.78 is 1.89. The summed E-state index contributed by atoms with van der Waals surface area (Å²) in [7, 11) is 0. The van der Waals surface area contributed by atoms with E-state index in [1.807, 2.05) is 53.9 Å². The van der Waals surface area contributed by atoms with E-state index in [9.17, 15) is 9.59 Å². The van der Waals surface area contributed by atoms with Crippen LogP contribution in [0.25, 0.3) is 5.65 Å². The van der Waals surface area contributed by atoms with Crippen molar-refractivity contribution in [3.63, 3.8) is 0 Å². The lowest BCUT2D eigenvalue weighted by molar-refractivity contribution is -0.138. The van der Waals surface area contributed by atoms with Gasteiger partial charge >= 0.3 is 0 Å². The molecule has 27 heavy (non-hydrogen) atoms. The lowest BCUT2D eigenvalue weighted by Gasteiger charge is -2.39. The minimum absolute atomic E-state index is 0.0436. The van der Waals surface area contributed by atoms with Crippen molar-refractivity contribution >= 4 is 34.7 Å². The summed E-state index contributed by atoms with van der Waals surface area (Å²) in [5.74, 6) is -0.215. The highest BCUT2D eigenvalue weighted by atomic mass is 35.5. The van der Waals surface area contributed by atoms with Gasteiger partial charge < -0.3 is 14.2 Å². The quantitative estimate of drug-likeness (QED) is 0.700. The molecular weight excluding hydrogens is 364 g/mol. The molecule has 1 aromatic carbocycles. The van der Waals surface area contributed by atoms with Crippen LogP contribution in [0.5, 0.6) is 0 Å². The fraction of sp³-hybridized carbons (Fsp3) is 0.250. The molecule has 0 aliphatic carbocycles. The van der Waals surface area contributed by atoms with E-state index in [0.717, 1.165) is 11.3 Å². The van der Waals surface area contributed by atoms with E-state index in [0.29, 0.717) is 17.3 Å². The number of amides is 2. The molecule has 138 valence electrons. The molecule has 0 radical (unpaired) electrons. The molecule has 2 aromatic heterocycles. The van der Waals surface area contributed by atoms with Gasteiger partial charge in [-0.1, -0.05) is 29.8 Å². The second-order valence-corrected chi connectivity index (χ2v) is 7.09. The minimum Gasteiger partial charge on any atom is -0.329 e. The summed E-state index contributed by atoms with van der Waals surface area (Å²) >= 11 is 6.24. The van der Waals surface area contributed by atoms with Crippen molar-refractivity contribution in [2.24, 2.45) is 0 Å². The molecule has 1 aliphatic heterocycles. The molecule has 1 fully saturated rings. The summed E-state index contributed by atoms with van der Waals surface area (Å²) in [6.45, 7) is 2.41. The van der Waals surface area contributed by atoms with Crippen molar-refractivity contribution in [2.75, 3.05) is 18.0 Å². The second-order valence-electron chi connectivity index (χ2n) is 6.68. The van der Waals surface area contributed by atoms with Crippen LogP contribution in [0.15, 0.2) is 54.9 Å². The Morgan fingerprint density at radius 1 is 1.22 bits per heavy atom. The van der Waals surface area contributed by atoms with Crippen LogP contribution in [0.2, 0.25) is 5.02 Å². The molecule has 0 saturated carbocycles. The summed E-state index contributed by atoms with van der Waals surface area (Å²) in [6.07, 6.45) is 3.80. The molecule has 3 heterocycles. The maximum absolute atomic E-state index is 12.9. The van der Waals surface area contributed by atoms with Crippen LogP contribution < -0.4 is 4.90 Å². The number of carbonyl (C=O) groups is 2. The Hall–Kier alpha value is -2.86. The highest BCUT2D eigenvalue weighted by molar-refractivity contribution is 6.33. The van der Waals surface area contributed by atoms with Gasteiger partial charge in [-0.15, -0.1) is 0 Å². The number of halogens is 1. The van der Waals surface area contributed by atoms with Gasteiger partial charge in [-0.2, -0.15) is 0 Å². The predicted octanol–water partition coefficient (Wildman–Crippen LogP) is 2.79. The van der Waals surface area contributed by atoms with Crippen molar-refractivity contribution < 1.29 is 9.59 Å². The number of fused-ring (bicyclic) bond motifs is 1. The SMILES string of the molecule is C[C@H]1CN(c2ccccc2Cl)C(=O)CN1C(=O)Cc1cnc2ccccn12. The molecule has 2 amide bonds. The van der Waals surface area contributed by atoms with Crippen molar-refractivity contribution in [3.8, 4) is 0 Å². The first-order valence-corrected chi connectivity index (χ1v) is 9.17. The highest BCUT2D eigenvalue weighted by Crippen LogP contribution is 2.28. The van der Waals surface area contributed by atoms with Gasteiger partial charge in [0.05, 0.1) is 22.8 Å². The van der Waals surface area contributed by atoms with E-state index in [-0.39, 0.29) is 30.8 Å². The van der Waals surface area contributed by atoms with Gasteiger partial charge in [0, 0.05) is 25.0 Å². The number of pyridine rings is 1. The van der Waals surface area contributed by atoms with Crippen LogP contribution in [-0.4, -0.2) is 45.2 Å². The van der Waals surface area contributed by atoms with Crippen molar-refractivity contribution in [1.82, 2.24) is 14.3 Å². The van der Waals surface area contributed by atoms with Gasteiger partial charge in [-0.25, -0.2) is 4.98 Å². The normalized spacial score (nSPS) is 17.6. The molecule has 6 nitrogen and oxygen atoms in total. The third-order valence-corrected chi connectivity index (χ3v) is 5.19. The summed E-state index contributed by atoms with van der Waals surface area (Å²) in [4.78, 5) is 33.2. The number of para-hydroxylation sites is 1. The Bertz CT molecular complexity index is 1020. The fourth-order valence-corrected chi connectivity index (χ4v) is 3.70. The van der Waals surface area contributed by atoms with E-state index >= 15 is 0 Å². The molecular formula is C20H19ClN4O2. The van der Waals surface area contributed by atoms with Crippen molar-refractivity contribution in [1.29, 1.82) is 0 Å². The molecule has 3 aromatic rings. The number of nitrogens with zero attached hydrogens (tertiary/aromatic N) is 4. The number of benzene rings is 1. The third kappa shape index (κ3) is 3.28. The van der Waals surface area contributed by atoms with Crippen molar-refractivity contribution in [3.05, 3.63) is 65.6 Å². The number of piperazine rings is 1. The molecule has 0 N–H and O–H groups in total. The smallest absolute Gasteiger partial charge is 0.246 e. The monoisotopic (exact) mass is 382 g/mol. The molecule has 0 unspecified atom stereocenters. The van der Waals surface area contributed by atoms with Crippen LogP contribution in [0, 0.1) is 0 Å². The maximum atomic E-state index is 12.9. The average Bonchev–Trinajstić information content (AvgIpc) is 3.07. The lowest BCUT2D eigenvalue weighted by Crippen LogP contribution is -2.57. The van der Waals surface area contributed by atoms with Gasteiger partial charge in [0.2, 0.25) is 11.8 Å². The van der Waals surface area contributed by atoms with E-state index in [1.165, 1.54) is 0 Å². The van der Waals surface area contributed by atoms with Gasteiger partial charge in [-0.05, 0) is 31.2 Å². The lowest BCUT2D eigenvalue weighted by atomic mass is 10.1. The largest absolute Gasteiger partial charge is 0.329 e. The first-order chi connectivity index (χ1) is 13.0. The van der Waals surface area contributed by atoms with Crippen LogP contribution in [0.3, 0.4) is 0 Å². The first-order valence-electron chi connectivity index (χ1n) is 8.80. The molecule has 1 saturated heterocycles. The summed E-state index contributed by atoms with van der Waals surface area (Å²) in [5, 5.41) is 0.531. The maximum Gasteiger partial charge on any atom is 0.246 e. The Kier molecular flexibility index (Phi) is 4.58. The van der Waals surface area contributed by atoms with Crippen LogP contribution in [-0.2, 0) is 16.0 Å². The van der Waals surface area contributed by atoms with E-state index in [1.54, 1.807) is 22.1 Å². The van der Waals surface area contributed by atoms with E-state index in [2.05, 4.69) is 4.98 Å². The Morgan fingerprint density at radius 3 is 2.81 bits per heavy atom. The standard InChI is InChI=1S/C20H19ClN4O2/c1-14-12-25(17-7-3-2-6-16(17)21)20(27)13-24(14)19(26)10-15-11-22-18-8-4-5-9-23(15)18/h2-9,11,14H,10,12-13H2,1H3/t14-/m0/s1. The number of carbonyl (C=O) groups excluding carboxylic acids is 2. The van der Waals surface area contributed by atoms with Gasteiger partial charge in [0.1, 0.15) is 12.2 Å². The zero-order valence-corrected chi connectivity index (χ0v) is 15.6. The number of anilines is 1. The van der Waals surface area contributed by atoms with Crippen LogP contribution in [0.4, 0.5) is 5.69 Å². The molecule has 4 rings (SSSR count). The average molecular weight is 383 g/mol. The highest BCUT2D eigenvalue weighted by Gasteiger charge is 2.34. The number of rotatable bonds is 3.